The van der Waals surface area contributed by atoms with Crippen molar-refractivity contribution in [3.63, 3.8) is 0 Å². The number of aryl methyl sites for hydroxylation is 1. The molecule has 0 aliphatic rings. The van der Waals surface area contributed by atoms with Crippen LogP contribution in [0.5, 0.6) is 0 Å². The third-order valence-electron chi connectivity index (χ3n) is 3.75. The number of nitrogens with zero attached hydrogens (tertiary/aromatic N) is 1. The number of fused-ring (bicyclic) bond motifs is 6. The molecule has 0 aliphatic carbocycles. The fourth-order valence-corrected chi connectivity index (χ4v) is 2.88. The molecular weight excluding hydrogens is 230 g/mol. The molecule has 0 N–H and O–H groups in total. The molecule has 0 radical (unpaired) electrons. The van der Waals surface area contributed by atoms with Crippen molar-refractivity contribution < 1.29 is 0 Å². The number of rotatable bonds is 0. The third-order valence-corrected chi connectivity index (χ3v) is 3.75. The van der Waals surface area contributed by atoms with E-state index in [1.165, 1.54) is 32.5 Å². The van der Waals surface area contributed by atoms with Crippen molar-refractivity contribution in [2.24, 2.45) is 0 Å². The molecule has 3 aromatic carbocycles. The van der Waals surface area contributed by atoms with Crippen LogP contribution < -0.4 is 0 Å². The van der Waals surface area contributed by atoms with Crippen molar-refractivity contribution in [1.82, 2.24) is 4.98 Å². The molecular formula is C18H13N. The second-order valence-electron chi connectivity index (χ2n) is 4.99. The lowest BCUT2D eigenvalue weighted by Crippen LogP contribution is -1.85. The van der Waals surface area contributed by atoms with Crippen LogP contribution in [0.25, 0.3) is 32.4 Å². The van der Waals surface area contributed by atoms with Gasteiger partial charge in [-0.15, -0.1) is 0 Å². The van der Waals surface area contributed by atoms with E-state index in [0.717, 1.165) is 5.52 Å². The lowest BCUT2D eigenvalue weighted by Gasteiger charge is -2.09. The zero-order valence-electron chi connectivity index (χ0n) is 10.7. The van der Waals surface area contributed by atoms with Gasteiger partial charge in [0.25, 0.3) is 0 Å². The van der Waals surface area contributed by atoms with E-state index in [1.54, 1.807) is 0 Å². The van der Waals surface area contributed by atoms with Crippen molar-refractivity contribution >= 4 is 32.4 Å². The Balaban J connectivity index is 2.43. The average Bonchev–Trinajstić information content (AvgIpc) is 2.47. The number of hydrogen-bond donors (Lipinski definition) is 0. The maximum absolute atomic E-state index is 4.59. The minimum absolute atomic E-state index is 1.09. The molecule has 0 bridgehead atoms. The molecule has 0 fully saturated rings. The summed E-state index contributed by atoms with van der Waals surface area (Å²) in [7, 11) is 0. The van der Waals surface area contributed by atoms with E-state index in [2.05, 4.69) is 60.4 Å². The summed E-state index contributed by atoms with van der Waals surface area (Å²) in [5, 5.41) is 6.35. The lowest BCUT2D eigenvalue weighted by atomic mass is 9.96. The van der Waals surface area contributed by atoms with Crippen molar-refractivity contribution in [2.75, 3.05) is 0 Å². The first-order valence-electron chi connectivity index (χ1n) is 6.50. The Morgan fingerprint density at radius 1 is 0.684 bits per heavy atom. The Morgan fingerprint density at radius 2 is 1.37 bits per heavy atom. The third kappa shape index (κ3) is 1.45. The summed E-state index contributed by atoms with van der Waals surface area (Å²) in [5.41, 5.74) is 2.38. The van der Waals surface area contributed by atoms with Gasteiger partial charge in [0, 0.05) is 17.0 Å². The molecule has 0 aliphatic heterocycles. The highest BCUT2D eigenvalue weighted by molar-refractivity contribution is 6.24. The van der Waals surface area contributed by atoms with Crippen LogP contribution in [0.15, 0.2) is 60.8 Å². The minimum Gasteiger partial charge on any atom is -0.256 e. The van der Waals surface area contributed by atoms with Crippen molar-refractivity contribution in [1.29, 1.82) is 0 Å². The molecule has 0 amide bonds. The van der Waals surface area contributed by atoms with Gasteiger partial charge in [-0.2, -0.15) is 0 Å². The predicted octanol–water partition coefficient (Wildman–Crippen LogP) is 4.85. The molecule has 0 atom stereocenters. The van der Waals surface area contributed by atoms with Crippen LogP contribution in [0.2, 0.25) is 0 Å². The van der Waals surface area contributed by atoms with Crippen LogP contribution in [0.1, 0.15) is 5.56 Å². The molecule has 19 heavy (non-hydrogen) atoms. The topological polar surface area (TPSA) is 12.9 Å². The Kier molecular flexibility index (Phi) is 2.10. The van der Waals surface area contributed by atoms with E-state index in [4.69, 9.17) is 0 Å². The summed E-state index contributed by atoms with van der Waals surface area (Å²) in [6.07, 6.45) is 1.87. The second kappa shape index (κ2) is 3.79. The molecule has 1 heteroatoms. The van der Waals surface area contributed by atoms with Gasteiger partial charge in [0.05, 0.1) is 5.52 Å². The number of hydrogen-bond acceptors (Lipinski definition) is 1. The standard InChI is InChI=1S/C18H13N/c1-12-8-9-14-13-5-2-3-6-15(13)18-16(17(14)11-12)7-4-10-19-18/h2-11H,1H3. The smallest absolute Gasteiger partial charge is 0.0786 e. The summed E-state index contributed by atoms with van der Waals surface area (Å²) in [4.78, 5) is 4.59. The summed E-state index contributed by atoms with van der Waals surface area (Å²) >= 11 is 0. The zero-order valence-corrected chi connectivity index (χ0v) is 10.7. The Bertz CT molecular complexity index is 887. The van der Waals surface area contributed by atoms with Gasteiger partial charge in [-0.05, 0) is 29.1 Å². The fourth-order valence-electron chi connectivity index (χ4n) is 2.88. The van der Waals surface area contributed by atoms with E-state index in [-0.39, 0.29) is 0 Å². The van der Waals surface area contributed by atoms with Gasteiger partial charge in [0.2, 0.25) is 0 Å². The van der Waals surface area contributed by atoms with E-state index in [0.29, 0.717) is 0 Å². The largest absolute Gasteiger partial charge is 0.256 e. The molecule has 4 aromatic rings. The van der Waals surface area contributed by atoms with E-state index < -0.39 is 0 Å². The van der Waals surface area contributed by atoms with Crippen molar-refractivity contribution in [3.05, 3.63) is 66.4 Å². The summed E-state index contributed by atoms with van der Waals surface area (Å²) in [5.74, 6) is 0. The highest BCUT2D eigenvalue weighted by Crippen LogP contribution is 2.33. The number of pyridine rings is 1. The van der Waals surface area contributed by atoms with Crippen LogP contribution >= 0.6 is 0 Å². The summed E-state index contributed by atoms with van der Waals surface area (Å²) in [6, 6.07) is 19.3. The van der Waals surface area contributed by atoms with Crippen molar-refractivity contribution in [3.8, 4) is 0 Å². The molecule has 0 saturated carbocycles. The Labute approximate surface area is 111 Å². The zero-order chi connectivity index (χ0) is 12.8. The monoisotopic (exact) mass is 243 g/mol. The van der Waals surface area contributed by atoms with Crippen LogP contribution in [0.4, 0.5) is 0 Å². The summed E-state index contributed by atoms with van der Waals surface area (Å²) in [6.45, 7) is 2.14. The Morgan fingerprint density at radius 3 is 2.26 bits per heavy atom. The molecule has 1 heterocycles. The van der Waals surface area contributed by atoms with Gasteiger partial charge in [0.15, 0.2) is 0 Å². The first kappa shape index (κ1) is 10.5. The maximum atomic E-state index is 4.59. The molecule has 1 aromatic heterocycles. The number of aromatic nitrogens is 1. The van der Waals surface area contributed by atoms with Crippen LogP contribution in [-0.2, 0) is 0 Å². The van der Waals surface area contributed by atoms with Gasteiger partial charge < -0.3 is 0 Å². The van der Waals surface area contributed by atoms with E-state index in [9.17, 15) is 0 Å². The molecule has 0 unspecified atom stereocenters. The minimum atomic E-state index is 1.09. The van der Waals surface area contributed by atoms with Gasteiger partial charge in [-0.25, -0.2) is 0 Å². The van der Waals surface area contributed by atoms with Crippen LogP contribution in [-0.4, -0.2) is 4.98 Å². The van der Waals surface area contributed by atoms with Gasteiger partial charge >= 0.3 is 0 Å². The molecule has 90 valence electrons. The number of benzene rings is 3. The summed E-state index contributed by atoms with van der Waals surface area (Å²) < 4.78 is 0. The van der Waals surface area contributed by atoms with E-state index in [1.807, 2.05) is 12.3 Å². The predicted molar refractivity (Wildman–Crippen MR) is 81.5 cm³/mol. The van der Waals surface area contributed by atoms with Crippen LogP contribution in [0.3, 0.4) is 0 Å². The van der Waals surface area contributed by atoms with Crippen LogP contribution in [0, 0.1) is 6.92 Å². The van der Waals surface area contributed by atoms with E-state index >= 15 is 0 Å². The first-order valence-corrected chi connectivity index (χ1v) is 6.50. The Hall–Kier alpha value is -2.41. The average molecular weight is 243 g/mol. The quantitative estimate of drug-likeness (QED) is 0.402. The highest BCUT2D eigenvalue weighted by atomic mass is 14.6. The maximum Gasteiger partial charge on any atom is 0.0786 e. The van der Waals surface area contributed by atoms with Gasteiger partial charge in [-0.3, -0.25) is 4.98 Å². The van der Waals surface area contributed by atoms with Crippen molar-refractivity contribution in [2.45, 2.75) is 6.92 Å². The molecule has 4 rings (SSSR count). The fraction of sp³-hybridized carbons (Fsp3) is 0.0556. The van der Waals surface area contributed by atoms with Gasteiger partial charge in [-0.1, -0.05) is 54.1 Å². The van der Waals surface area contributed by atoms with Gasteiger partial charge in [0.1, 0.15) is 0 Å². The second-order valence-corrected chi connectivity index (χ2v) is 4.99. The lowest BCUT2D eigenvalue weighted by molar-refractivity contribution is 1.43. The first-order chi connectivity index (χ1) is 9.34. The highest BCUT2D eigenvalue weighted by Gasteiger charge is 2.08. The normalized spacial score (nSPS) is 11.4. The molecule has 1 nitrogen and oxygen atoms in total. The SMILES string of the molecule is Cc1ccc2c3ccccc3c3ncccc3c2c1. The molecule has 0 spiro atoms. The molecule has 0 saturated heterocycles.